The first-order valence-corrected chi connectivity index (χ1v) is 27.4. The van der Waals surface area contributed by atoms with Crippen LogP contribution in [0.2, 0.25) is 10.0 Å². The van der Waals surface area contributed by atoms with Crippen LogP contribution in [0.15, 0.2) is 211 Å². The Labute approximate surface area is 475 Å². The highest BCUT2D eigenvalue weighted by molar-refractivity contribution is 9.10. The maximum absolute atomic E-state index is 6.05. The summed E-state index contributed by atoms with van der Waals surface area (Å²) in [6.07, 6.45) is 0. The molecular formula is C71H77BrCl2N2. The van der Waals surface area contributed by atoms with Gasteiger partial charge in [0.1, 0.15) is 0 Å². The van der Waals surface area contributed by atoms with E-state index in [9.17, 15) is 0 Å². The molecule has 76 heavy (non-hydrogen) atoms. The van der Waals surface area contributed by atoms with Crippen molar-refractivity contribution >= 4 is 73.3 Å². The van der Waals surface area contributed by atoms with Crippen LogP contribution in [-0.4, -0.2) is 0 Å². The van der Waals surface area contributed by atoms with Crippen molar-refractivity contribution in [2.45, 2.75) is 114 Å². The third kappa shape index (κ3) is 15.4. The van der Waals surface area contributed by atoms with Gasteiger partial charge in [-0.2, -0.15) is 0 Å². The molecule has 0 amide bonds. The molecule has 0 bridgehead atoms. The number of anilines is 6. The van der Waals surface area contributed by atoms with Crippen LogP contribution in [0.5, 0.6) is 0 Å². The Hall–Kier alpha value is -6.36. The average Bonchev–Trinajstić information content (AvgIpc) is 3.37. The fraction of sp³-hybridized carbons (Fsp3) is 0.239. The lowest BCUT2D eigenvalue weighted by Crippen LogP contribution is -2.11. The molecule has 0 fully saturated rings. The van der Waals surface area contributed by atoms with E-state index in [2.05, 4.69) is 273 Å². The van der Waals surface area contributed by atoms with E-state index in [4.69, 9.17) is 23.2 Å². The summed E-state index contributed by atoms with van der Waals surface area (Å²) in [5.41, 5.74) is 21.3. The van der Waals surface area contributed by atoms with Gasteiger partial charge in [0.05, 0.1) is 0 Å². The predicted molar refractivity (Wildman–Crippen MR) is 339 cm³/mol. The molecule has 2 nitrogen and oxygen atoms in total. The van der Waals surface area contributed by atoms with Crippen LogP contribution in [0, 0.1) is 27.7 Å². The van der Waals surface area contributed by atoms with Crippen LogP contribution in [0.4, 0.5) is 34.1 Å². The average molecular weight is 1110 g/mol. The first kappa shape index (κ1) is 58.9. The minimum absolute atomic E-state index is 0. The maximum Gasteiger partial charge on any atom is 0.0490 e. The van der Waals surface area contributed by atoms with Gasteiger partial charge in [-0.15, -0.1) is 0 Å². The van der Waals surface area contributed by atoms with Crippen molar-refractivity contribution in [1.82, 2.24) is 0 Å². The van der Waals surface area contributed by atoms with Crippen LogP contribution < -0.4 is 9.80 Å². The first-order valence-electron chi connectivity index (χ1n) is 25.9. The van der Waals surface area contributed by atoms with E-state index < -0.39 is 0 Å². The number of rotatable bonds is 8. The van der Waals surface area contributed by atoms with Gasteiger partial charge >= 0.3 is 0 Å². The van der Waals surface area contributed by atoms with Crippen LogP contribution in [0.1, 0.15) is 109 Å². The zero-order valence-electron chi connectivity index (χ0n) is 46.2. The normalized spacial score (nSPS) is 11.3. The Morgan fingerprint density at radius 1 is 0.316 bits per heavy atom. The lowest BCUT2D eigenvalue weighted by atomic mass is 9.86. The molecule has 0 atom stereocenters. The maximum atomic E-state index is 6.05. The van der Waals surface area contributed by atoms with Crippen molar-refractivity contribution in [1.29, 1.82) is 0 Å². The van der Waals surface area contributed by atoms with E-state index in [0.29, 0.717) is 0 Å². The van der Waals surface area contributed by atoms with E-state index in [1.165, 1.54) is 66.9 Å². The third-order valence-corrected chi connectivity index (χ3v) is 14.5. The highest BCUT2D eigenvalue weighted by Crippen LogP contribution is 2.40. The standard InChI is InChI=1S/C40H43N.C20H17Cl2N.C10H13Br.CH4/c1-28-9-26-38(29(2)27-28)41(36-22-14-32(15-23-36)30-10-18-34(19-11-30)39(3,4)5)37-24-16-33(17-25-37)31-12-20-35(21-13-31)40(6,7)8;1-14-3-12-20(15(2)13-14)23(18-8-4-16(21)5-9-18)19-10-6-17(22)7-11-19;1-10(2,3)8-4-6-9(11)7-5-8;/h9-27H,1-8H3;3-13H,1-2H3;4-7H,1-3H3;1H4. The Kier molecular flexibility index (Phi) is 19.5. The minimum atomic E-state index is 0. The van der Waals surface area contributed by atoms with Gasteiger partial charge in [-0.3, -0.25) is 0 Å². The van der Waals surface area contributed by atoms with E-state index >= 15 is 0 Å². The smallest absolute Gasteiger partial charge is 0.0490 e. The predicted octanol–water partition coefficient (Wildman–Crippen LogP) is 23.2. The quantitative estimate of drug-likeness (QED) is 0.150. The van der Waals surface area contributed by atoms with Crippen molar-refractivity contribution < 1.29 is 0 Å². The van der Waals surface area contributed by atoms with Gasteiger partial charge in [0.25, 0.3) is 0 Å². The zero-order valence-corrected chi connectivity index (χ0v) is 49.3. The molecule has 0 aliphatic carbocycles. The van der Waals surface area contributed by atoms with Crippen LogP contribution in [0.25, 0.3) is 22.3 Å². The number of halogens is 3. The summed E-state index contributed by atoms with van der Waals surface area (Å²) in [6, 6.07) is 73.3. The van der Waals surface area contributed by atoms with Crippen molar-refractivity contribution in [3.8, 4) is 22.3 Å². The number of aryl methyl sites for hydroxylation is 4. The second-order valence-corrected chi connectivity index (χ2v) is 24.5. The van der Waals surface area contributed by atoms with E-state index in [1.54, 1.807) is 0 Å². The Morgan fingerprint density at radius 2 is 0.553 bits per heavy atom. The highest BCUT2D eigenvalue weighted by atomic mass is 79.9. The molecule has 0 aromatic heterocycles. The second kappa shape index (κ2) is 25.2. The molecule has 0 saturated carbocycles. The summed E-state index contributed by atoms with van der Waals surface area (Å²) in [5, 5.41) is 1.45. The first-order chi connectivity index (χ1) is 35.4. The van der Waals surface area contributed by atoms with Crippen molar-refractivity contribution in [2.24, 2.45) is 0 Å². The van der Waals surface area contributed by atoms with Gasteiger partial charge in [0.2, 0.25) is 0 Å². The highest BCUT2D eigenvalue weighted by Gasteiger charge is 2.19. The Bertz CT molecular complexity index is 3120. The summed E-state index contributed by atoms with van der Waals surface area (Å²) < 4.78 is 1.14. The minimum Gasteiger partial charge on any atom is -0.310 e. The molecule has 9 rings (SSSR count). The van der Waals surface area contributed by atoms with Gasteiger partial charge in [-0.25, -0.2) is 0 Å². The van der Waals surface area contributed by atoms with Gasteiger partial charge in [0, 0.05) is 48.6 Å². The zero-order chi connectivity index (χ0) is 54.2. The number of hydrogen-bond acceptors (Lipinski definition) is 2. The number of nitrogens with zero attached hydrogens (tertiary/aromatic N) is 2. The fourth-order valence-corrected chi connectivity index (χ4v) is 9.54. The monoisotopic (exact) mass is 1110 g/mol. The summed E-state index contributed by atoms with van der Waals surface area (Å²) in [6.45, 7) is 28.8. The summed E-state index contributed by atoms with van der Waals surface area (Å²) in [5.74, 6) is 0. The van der Waals surface area contributed by atoms with Crippen LogP contribution >= 0.6 is 39.1 Å². The molecule has 0 unspecified atom stereocenters. The SMILES string of the molecule is C.CC(C)(C)c1ccc(Br)cc1.Cc1ccc(N(c2ccc(-c3ccc(C(C)(C)C)cc3)cc2)c2ccc(-c3ccc(C(C)(C)C)cc3)cc2)c(C)c1.Cc1ccc(N(c2ccc(Cl)cc2)c2ccc(Cl)cc2)c(C)c1. The Morgan fingerprint density at radius 3 is 0.803 bits per heavy atom. The molecule has 0 aliphatic heterocycles. The van der Waals surface area contributed by atoms with Gasteiger partial charge < -0.3 is 9.80 Å². The largest absolute Gasteiger partial charge is 0.310 e. The molecule has 9 aromatic rings. The molecule has 0 aliphatic rings. The lowest BCUT2D eigenvalue weighted by molar-refractivity contribution is 0.590. The van der Waals surface area contributed by atoms with Crippen molar-refractivity contribution in [2.75, 3.05) is 9.80 Å². The molecule has 0 spiro atoms. The van der Waals surface area contributed by atoms with Crippen LogP contribution in [0.3, 0.4) is 0 Å². The van der Waals surface area contributed by atoms with Crippen LogP contribution in [-0.2, 0) is 16.2 Å². The second-order valence-electron chi connectivity index (χ2n) is 22.7. The summed E-state index contributed by atoms with van der Waals surface area (Å²) in [4.78, 5) is 4.58. The molecule has 392 valence electrons. The topological polar surface area (TPSA) is 6.48 Å². The third-order valence-electron chi connectivity index (χ3n) is 13.5. The van der Waals surface area contributed by atoms with Crippen molar-refractivity contribution in [3.63, 3.8) is 0 Å². The molecule has 0 heterocycles. The van der Waals surface area contributed by atoms with E-state index in [-0.39, 0.29) is 23.7 Å². The molecule has 0 N–H and O–H groups in total. The molecule has 9 aromatic carbocycles. The van der Waals surface area contributed by atoms with Crippen molar-refractivity contribution in [3.05, 3.63) is 260 Å². The van der Waals surface area contributed by atoms with Gasteiger partial charge in [-0.05, 0) is 191 Å². The number of benzene rings is 9. The molecule has 0 radical (unpaired) electrons. The van der Waals surface area contributed by atoms with Gasteiger partial charge in [0.15, 0.2) is 0 Å². The lowest BCUT2D eigenvalue weighted by Gasteiger charge is -2.28. The van der Waals surface area contributed by atoms with E-state index in [0.717, 1.165) is 43.0 Å². The summed E-state index contributed by atoms with van der Waals surface area (Å²) >= 11 is 15.5. The molecule has 5 heteroatoms. The van der Waals surface area contributed by atoms with Gasteiger partial charge in [-0.1, -0.05) is 229 Å². The van der Waals surface area contributed by atoms with E-state index in [1.807, 2.05) is 48.5 Å². The fourth-order valence-electron chi connectivity index (χ4n) is 9.03. The molecular weight excluding hydrogens is 1030 g/mol. The Balaban J connectivity index is 0.000000223. The molecule has 0 saturated heterocycles. The summed E-state index contributed by atoms with van der Waals surface area (Å²) in [7, 11) is 0. The number of hydrogen-bond donors (Lipinski definition) is 0.